The molecule has 8 nitrogen and oxygen atoms in total. The maximum atomic E-state index is 11.6. The maximum absolute atomic E-state index is 11.6. The first kappa shape index (κ1) is 20.3. The molecule has 0 spiro atoms. The van der Waals surface area contributed by atoms with Crippen LogP contribution in [0.3, 0.4) is 0 Å². The van der Waals surface area contributed by atoms with Crippen LogP contribution in [0.25, 0.3) is 22.5 Å². The predicted molar refractivity (Wildman–Crippen MR) is 115 cm³/mol. The Kier molecular flexibility index (Phi) is 5.79. The zero-order valence-electron chi connectivity index (χ0n) is 17.0. The number of aromatic carboxylic acids is 1. The number of aromatic nitrogens is 4. The van der Waals surface area contributed by atoms with Crippen molar-refractivity contribution in [2.45, 2.75) is 32.6 Å². The lowest BCUT2D eigenvalue weighted by atomic mass is 9.95. The number of benzene rings is 2. The molecule has 3 N–H and O–H groups in total. The molecule has 0 fully saturated rings. The molecule has 2 heterocycles. The molecule has 0 radical (unpaired) electrons. The summed E-state index contributed by atoms with van der Waals surface area (Å²) in [4.78, 5) is 25.5. The number of carboxylic acid groups (broad SMARTS) is 1. The van der Waals surface area contributed by atoms with E-state index in [0.29, 0.717) is 12.2 Å². The van der Waals surface area contributed by atoms with Crippen molar-refractivity contribution in [2.24, 2.45) is 0 Å². The number of nitrogens with one attached hydrogen (secondary N) is 2. The lowest BCUT2D eigenvalue weighted by Gasteiger charge is -2.09. The van der Waals surface area contributed by atoms with Gasteiger partial charge in [0.2, 0.25) is 0 Å². The summed E-state index contributed by atoms with van der Waals surface area (Å²) < 4.78 is 4.64. The van der Waals surface area contributed by atoms with Gasteiger partial charge in [0, 0.05) is 23.2 Å². The van der Waals surface area contributed by atoms with Crippen LogP contribution in [0, 0.1) is 0 Å². The van der Waals surface area contributed by atoms with Gasteiger partial charge in [0.1, 0.15) is 0 Å². The minimum absolute atomic E-state index is 0.0792. The molecule has 158 valence electrons. The number of aryl methyl sites for hydroxylation is 1. The number of unbranched alkanes of at least 4 members (excludes halogenated alkanes) is 1. The second-order valence-corrected chi connectivity index (χ2v) is 7.30. The number of carboxylic acids is 1. The standard InChI is InChI=1S/C23H22N4O4/c1-2-3-8-19-18(20(22(28)29)26-25-19)13-14-9-11-15(12-10-14)16-6-4-5-7-17(16)21-24-23(30)31-27-21/h4-7,9-12H,2-3,8,13H2,1H3,(H,25,26)(H,28,29)(H,24,27,30). The van der Waals surface area contributed by atoms with Gasteiger partial charge in [-0.05, 0) is 29.5 Å². The number of nitrogens with zero attached hydrogens (tertiary/aromatic N) is 2. The first-order valence-corrected chi connectivity index (χ1v) is 10.1. The van der Waals surface area contributed by atoms with Gasteiger partial charge >= 0.3 is 11.7 Å². The monoisotopic (exact) mass is 418 g/mol. The van der Waals surface area contributed by atoms with Crippen molar-refractivity contribution in [1.82, 2.24) is 20.3 Å². The van der Waals surface area contributed by atoms with Crippen LogP contribution < -0.4 is 5.76 Å². The van der Waals surface area contributed by atoms with Gasteiger partial charge in [-0.1, -0.05) is 67.0 Å². The minimum atomic E-state index is -1.03. The number of rotatable bonds is 8. The van der Waals surface area contributed by atoms with E-state index in [1.54, 1.807) is 0 Å². The van der Waals surface area contributed by atoms with E-state index >= 15 is 0 Å². The van der Waals surface area contributed by atoms with Gasteiger partial charge in [-0.25, -0.2) is 9.59 Å². The normalized spacial score (nSPS) is 11.0. The lowest BCUT2D eigenvalue weighted by Crippen LogP contribution is -2.03. The van der Waals surface area contributed by atoms with E-state index in [4.69, 9.17) is 0 Å². The Labute approximate surface area is 177 Å². The summed E-state index contributed by atoms with van der Waals surface area (Å²) in [7, 11) is 0. The van der Waals surface area contributed by atoms with E-state index in [0.717, 1.165) is 52.8 Å². The molecule has 0 amide bonds. The minimum Gasteiger partial charge on any atom is -0.476 e. The Hall–Kier alpha value is -3.94. The molecule has 4 aromatic rings. The fourth-order valence-corrected chi connectivity index (χ4v) is 3.62. The van der Waals surface area contributed by atoms with Crippen LogP contribution in [-0.4, -0.2) is 31.4 Å². The molecule has 0 bridgehead atoms. The van der Waals surface area contributed by atoms with E-state index in [9.17, 15) is 14.7 Å². The fourth-order valence-electron chi connectivity index (χ4n) is 3.62. The van der Waals surface area contributed by atoms with E-state index < -0.39 is 11.7 Å². The Bertz CT molecular complexity index is 1250. The summed E-state index contributed by atoms with van der Waals surface area (Å²) in [5.74, 6) is -1.26. The van der Waals surface area contributed by atoms with Crippen LogP contribution >= 0.6 is 0 Å². The third kappa shape index (κ3) is 4.32. The first-order chi connectivity index (χ1) is 15.1. The molecule has 4 rings (SSSR count). The molecule has 0 saturated heterocycles. The van der Waals surface area contributed by atoms with Crippen LogP contribution in [0.4, 0.5) is 0 Å². The number of hydrogen-bond acceptors (Lipinski definition) is 5. The van der Waals surface area contributed by atoms with Crippen LogP contribution in [0.1, 0.15) is 47.1 Å². The predicted octanol–water partition coefficient (Wildman–Crippen LogP) is 4.05. The summed E-state index contributed by atoms with van der Waals surface area (Å²) in [5, 5.41) is 20.2. The Morgan fingerprint density at radius 2 is 1.84 bits per heavy atom. The summed E-state index contributed by atoms with van der Waals surface area (Å²) in [6.07, 6.45) is 3.24. The lowest BCUT2D eigenvalue weighted by molar-refractivity contribution is 0.0689. The molecule has 2 aromatic heterocycles. The average molecular weight is 418 g/mol. The van der Waals surface area contributed by atoms with Crippen molar-refractivity contribution >= 4 is 5.97 Å². The zero-order chi connectivity index (χ0) is 21.8. The second-order valence-electron chi connectivity index (χ2n) is 7.30. The van der Waals surface area contributed by atoms with Gasteiger partial charge in [-0.2, -0.15) is 5.10 Å². The van der Waals surface area contributed by atoms with Crippen molar-refractivity contribution in [2.75, 3.05) is 0 Å². The van der Waals surface area contributed by atoms with E-state index in [1.165, 1.54) is 0 Å². The van der Waals surface area contributed by atoms with Crippen LogP contribution in [-0.2, 0) is 12.8 Å². The van der Waals surface area contributed by atoms with Crippen LogP contribution in [0.5, 0.6) is 0 Å². The SMILES string of the molecule is CCCCc1[nH]nc(C(=O)O)c1Cc1ccc(-c2ccccc2-c2noc(=O)[nH]2)cc1. The summed E-state index contributed by atoms with van der Waals surface area (Å²) in [6.45, 7) is 2.10. The second kappa shape index (κ2) is 8.83. The van der Waals surface area contributed by atoms with Gasteiger partial charge in [-0.3, -0.25) is 14.6 Å². The highest BCUT2D eigenvalue weighted by Crippen LogP contribution is 2.30. The van der Waals surface area contributed by atoms with Gasteiger partial charge in [0.25, 0.3) is 0 Å². The number of hydrogen-bond donors (Lipinski definition) is 3. The third-order valence-electron chi connectivity index (χ3n) is 5.20. The summed E-state index contributed by atoms with van der Waals surface area (Å²) in [5.41, 5.74) is 5.27. The van der Waals surface area contributed by atoms with E-state index in [1.807, 2.05) is 48.5 Å². The van der Waals surface area contributed by atoms with Crippen molar-refractivity contribution in [3.05, 3.63) is 81.6 Å². The number of aromatic amines is 2. The molecule has 0 unspecified atom stereocenters. The zero-order valence-corrected chi connectivity index (χ0v) is 17.0. The van der Waals surface area contributed by atoms with Gasteiger partial charge in [0.15, 0.2) is 11.5 Å². The topological polar surface area (TPSA) is 125 Å². The van der Waals surface area contributed by atoms with Crippen molar-refractivity contribution in [3.8, 4) is 22.5 Å². The number of carbonyl (C=O) groups is 1. The third-order valence-corrected chi connectivity index (χ3v) is 5.20. The molecule has 0 atom stereocenters. The summed E-state index contributed by atoms with van der Waals surface area (Å²) in [6, 6.07) is 15.5. The molecule has 31 heavy (non-hydrogen) atoms. The van der Waals surface area contributed by atoms with Gasteiger partial charge in [-0.15, -0.1) is 0 Å². The molecule has 2 aromatic carbocycles. The van der Waals surface area contributed by atoms with Crippen molar-refractivity contribution in [1.29, 1.82) is 0 Å². The molecule has 0 saturated carbocycles. The highest BCUT2D eigenvalue weighted by Gasteiger charge is 2.19. The smallest absolute Gasteiger partial charge is 0.439 e. The molecule has 0 aliphatic heterocycles. The van der Waals surface area contributed by atoms with Crippen molar-refractivity contribution in [3.63, 3.8) is 0 Å². The molecule has 0 aliphatic rings. The fraction of sp³-hybridized carbons (Fsp3) is 0.217. The maximum Gasteiger partial charge on any atom is 0.439 e. The van der Waals surface area contributed by atoms with Crippen LogP contribution in [0.2, 0.25) is 0 Å². The highest BCUT2D eigenvalue weighted by atomic mass is 16.5. The van der Waals surface area contributed by atoms with Gasteiger partial charge < -0.3 is 5.11 Å². The Balaban J connectivity index is 1.63. The van der Waals surface area contributed by atoms with Gasteiger partial charge in [0.05, 0.1) is 0 Å². The molecule has 8 heteroatoms. The summed E-state index contributed by atoms with van der Waals surface area (Å²) >= 11 is 0. The molecule has 0 aliphatic carbocycles. The molecular weight excluding hydrogens is 396 g/mol. The molecular formula is C23H22N4O4. The van der Waals surface area contributed by atoms with Crippen LogP contribution in [0.15, 0.2) is 57.8 Å². The van der Waals surface area contributed by atoms with E-state index in [-0.39, 0.29) is 5.69 Å². The number of H-pyrrole nitrogens is 2. The Morgan fingerprint density at radius 3 is 2.48 bits per heavy atom. The quantitative estimate of drug-likeness (QED) is 0.396. The Morgan fingerprint density at radius 1 is 1.10 bits per heavy atom. The van der Waals surface area contributed by atoms with Crippen molar-refractivity contribution < 1.29 is 14.4 Å². The first-order valence-electron chi connectivity index (χ1n) is 10.1. The largest absolute Gasteiger partial charge is 0.476 e. The average Bonchev–Trinajstić information content (AvgIpc) is 3.39. The highest BCUT2D eigenvalue weighted by molar-refractivity contribution is 5.87. The van der Waals surface area contributed by atoms with E-state index in [2.05, 4.69) is 31.8 Å².